The summed E-state index contributed by atoms with van der Waals surface area (Å²) in [6, 6.07) is 0.579. The van der Waals surface area contributed by atoms with E-state index in [1.165, 1.54) is 6.42 Å². The van der Waals surface area contributed by atoms with Gasteiger partial charge in [0.05, 0.1) is 0 Å². The molecule has 1 aliphatic rings. The first-order valence-corrected chi connectivity index (χ1v) is 3.60. The molecule has 2 unspecified atom stereocenters. The summed E-state index contributed by atoms with van der Waals surface area (Å²) in [5.41, 5.74) is 0. The van der Waals surface area contributed by atoms with Crippen LogP contribution in [0, 0.1) is 0 Å². The first-order valence-electron chi connectivity index (χ1n) is 3.60. The molecule has 0 spiro atoms. The average molecular weight is 143 g/mol. The van der Waals surface area contributed by atoms with Gasteiger partial charge in [0, 0.05) is 12.6 Å². The lowest BCUT2D eigenvalue weighted by Gasteiger charge is -2.41. The summed E-state index contributed by atoms with van der Waals surface area (Å²) < 4.78 is 4.76. The molecule has 0 aromatic rings. The van der Waals surface area contributed by atoms with Gasteiger partial charge in [0.25, 0.3) is 6.47 Å². The van der Waals surface area contributed by atoms with E-state index in [0.717, 1.165) is 6.54 Å². The smallest absolute Gasteiger partial charge is 0.294 e. The Bertz CT molecular complexity index is 127. The molecule has 1 saturated heterocycles. The third kappa shape index (κ3) is 1.29. The van der Waals surface area contributed by atoms with Crippen LogP contribution >= 0.6 is 0 Å². The van der Waals surface area contributed by atoms with Crippen LogP contribution in [0.1, 0.15) is 20.3 Å². The summed E-state index contributed by atoms with van der Waals surface area (Å²) in [5.74, 6) is 0. The van der Waals surface area contributed by atoms with E-state index in [2.05, 4.69) is 11.8 Å². The van der Waals surface area contributed by atoms with E-state index < -0.39 is 0 Å². The number of carbonyl (C=O) groups excluding carboxylic acids is 1. The zero-order chi connectivity index (χ0) is 7.56. The van der Waals surface area contributed by atoms with E-state index in [0.29, 0.717) is 12.5 Å². The molecular formula is C7H13NO2. The number of hydrogen-bond acceptors (Lipinski definition) is 3. The van der Waals surface area contributed by atoms with Crippen LogP contribution in [-0.2, 0) is 9.53 Å². The van der Waals surface area contributed by atoms with Crippen LogP contribution in [-0.4, -0.2) is 30.2 Å². The predicted molar refractivity (Wildman–Crippen MR) is 37.4 cm³/mol. The molecule has 0 aromatic heterocycles. The molecule has 1 fully saturated rings. The van der Waals surface area contributed by atoms with Gasteiger partial charge in [0.1, 0.15) is 0 Å². The van der Waals surface area contributed by atoms with Gasteiger partial charge in [0.2, 0.25) is 0 Å². The van der Waals surface area contributed by atoms with Crippen LogP contribution in [0.2, 0.25) is 0 Å². The quantitative estimate of drug-likeness (QED) is 0.542. The fourth-order valence-electron chi connectivity index (χ4n) is 1.24. The molecule has 2 atom stereocenters. The monoisotopic (exact) mass is 143 g/mol. The highest BCUT2D eigenvalue weighted by atomic mass is 16.5. The van der Waals surface area contributed by atoms with Gasteiger partial charge < -0.3 is 4.74 Å². The van der Waals surface area contributed by atoms with Gasteiger partial charge in [-0.2, -0.15) is 0 Å². The fraction of sp³-hybridized carbons (Fsp3) is 0.857. The average Bonchev–Trinajstić information content (AvgIpc) is 1.85. The van der Waals surface area contributed by atoms with Crippen molar-refractivity contribution in [1.29, 1.82) is 0 Å². The van der Waals surface area contributed by atoms with E-state index >= 15 is 0 Å². The van der Waals surface area contributed by atoms with Gasteiger partial charge in [-0.1, -0.05) is 0 Å². The summed E-state index contributed by atoms with van der Waals surface area (Å²) in [7, 11) is 0. The van der Waals surface area contributed by atoms with Crippen molar-refractivity contribution < 1.29 is 9.53 Å². The molecule has 0 N–H and O–H groups in total. The largest absolute Gasteiger partial charge is 0.449 e. The summed E-state index contributed by atoms with van der Waals surface area (Å²) >= 11 is 0. The van der Waals surface area contributed by atoms with Crippen LogP contribution in [0.15, 0.2) is 0 Å². The van der Waals surface area contributed by atoms with Crippen LogP contribution < -0.4 is 0 Å². The molecule has 3 nitrogen and oxygen atoms in total. The maximum Gasteiger partial charge on any atom is 0.294 e. The number of carbonyl (C=O) groups is 1. The van der Waals surface area contributed by atoms with Crippen molar-refractivity contribution in [3.8, 4) is 0 Å². The molecule has 0 aromatic carbocycles. The van der Waals surface area contributed by atoms with E-state index in [1.807, 2.05) is 6.92 Å². The van der Waals surface area contributed by atoms with Crippen molar-refractivity contribution in [2.75, 3.05) is 6.54 Å². The third-order valence-corrected chi connectivity index (χ3v) is 2.09. The lowest BCUT2D eigenvalue weighted by Crippen LogP contribution is -2.51. The van der Waals surface area contributed by atoms with Gasteiger partial charge in [-0.15, -0.1) is 0 Å². The number of likely N-dealkylation sites (tertiary alicyclic amines) is 1. The van der Waals surface area contributed by atoms with E-state index in [4.69, 9.17) is 4.74 Å². The Hall–Kier alpha value is -0.570. The molecular weight excluding hydrogens is 130 g/mol. The zero-order valence-electron chi connectivity index (χ0n) is 6.41. The molecule has 0 saturated carbocycles. The Labute approximate surface area is 61.0 Å². The minimum atomic E-state index is -0.0405. The minimum absolute atomic E-state index is 0.0405. The second-order valence-corrected chi connectivity index (χ2v) is 2.71. The molecule has 58 valence electrons. The molecule has 3 heteroatoms. The Morgan fingerprint density at radius 3 is 2.80 bits per heavy atom. The molecule has 1 rings (SSSR count). The first kappa shape index (κ1) is 7.54. The van der Waals surface area contributed by atoms with Gasteiger partial charge >= 0.3 is 0 Å². The van der Waals surface area contributed by atoms with Gasteiger partial charge in [-0.25, -0.2) is 0 Å². The van der Waals surface area contributed by atoms with Crippen LogP contribution in [0.3, 0.4) is 0 Å². The maximum atomic E-state index is 9.92. The van der Waals surface area contributed by atoms with Crippen molar-refractivity contribution >= 4 is 6.47 Å². The third-order valence-electron chi connectivity index (χ3n) is 2.09. The number of rotatable bonds is 3. The standard InChI is InChI=1S/C7H13NO2/c1-6-3-4-8(6)7(2)10-5-9/h5-7H,3-4H2,1-2H3. The minimum Gasteiger partial charge on any atom is -0.449 e. The van der Waals surface area contributed by atoms with E-state index in [9.17, 15) is 4.79 Å². The van der Waals surface area contributed by atoms with Crippen molar-refractivity contribution in [1.82, 2.24) is 4.90 Å². The van der Waals surface area contributed by atoms with Crippen molar-refractivity contribution in [2.24, 2.45) is 0 Å². The lowest BCUT2D eigenvalue weighted by molar-refractivity contribution is -0.149. The fourth-order valence-corrected chi connectivity index (χ4v) is 1.24. The Morgan fingerprint density at radius 1 is 1.80 bits per heavy atom. The molecule has 1 aliphatic heterocycles. The summed E-state index contributed by atoms with van der Waals surface area (Å²) in [6.07, 6.45) is 1.17. The number of ether oxygens (including phenoxy) is 1. The highest BCUT2D eigenvalue weighted by molar-refractivity contribution is 5.37. The second-order valence-electron chi connectivity index (χ2n) is 2.71. The van der Waals surface area contributed by atoms with E-state index in [-0.39, 0.29) is 6.23 Å². The van der Waals surface area contributed by atoms with Crippen molar-refractivity contribution in [3.63, 3.8) is 0 Å². The highest BCUT2D eigenvalue weighted by Crippen LogP contribution is 2.19. The number of nitrogens with zero attached hydrogens (tertiary/aromatic N) is 1. The van der Waals surface area contributed by atoms with Crippen molar-refractivity contribution in [2.45, 2.75) is 32.5 Å². The summed E-state index contributed by atoms with van der Waals surface area (Å²) in [4.78, 5) is 12.1. The zero-order valence-corrected chi connectivity index (χ0v) is 6.41. The SMILES string of the molecule is CC1CCN1C(C)OC=O. The van der Waals surface area contributed by atoms with Gasteiger partial charge in [-0.05, 0) is 20.3 Å². The molecule has 1 heterocycles. The highest BCUT2D eigenvalue weighted by Gasteiger charge is 2.28. The number of hydrogen-bond donors (Lipinski definition) is 0. The van der Waals surface area contributed by atoms with Crippen molar-refractivity contribution in [3.05, 3.63) is 0 Å². The topological polar surface area (TPSA) is 29.5 Å². The first-order chi connectivity index (χ1) is 4.75. The van der Waals surface area contributed by atoms with E-state index in [1.54, 1.807) is 0 Å². The predicted octanol–water partition coefficient (Wildman–Crippen LogP) is 0.600. The molecule has 0 amide bonds. The lowest BCUT2D eigenvalue weighted by atomic mass is 10.1. The van der Waals surface area contributed by atoms with Gasteiger partial charge in [0.15, 0.2) is 6.23 Å². The summed E-state index contributed by atoms with van der Waals surface area (Å²) in [6.45, 7) is 5.59. The molecule has 0 bridgehead atoms. The Kier molecular flexibility index (Phi) is 2.27. The molecule has 0 radical (unpaired) electrons. The molecule has 10 heavy (non-hydrogen) atoms. The Balaban J connectivity index is 2.26. The normalized spacial score (nSPS) is 28.8. The van der Waals surface area contributed by atoms with Crippen LogP contribution in [0.5, 0.6) is 0 Å². The molecule has 0 aliphatic carbocycles. The van der Waals surface area contributed by atoms with Crippen LogP contribution in [0.25, 0.3) is 0 Å². The Morgan fingerprint density at radius 2 is 2.50 bits per heavy atom. The van der Waals surface area contributed by atoms with Gasteiger partial charge in [-0.3, -0.25) is 9.69 Å². The summed E-state index contributed by atoms with van der Waals surface area (Å²) in [5, 5.41) is 0. The maximum absolute atomic E-state index is 9.92. The van der Waals surface area contributed by atoms with Crippen LogP contribution in [0.4, 0.5) is 0 Å². The second kappa shape index (κ2) is 3.01.